The van der Waals surface area contributed by atoms with Gasteiger partial charge < -0.3 is 10.2 Å². The van der Waals surface area contributed by atoms with Crippen molar-refractivity contribution in [3.8, 4) is 0 Å². The third kappa shape index (κ3) is 3.50. The molecule has 0 saturated carbocycles. The molecule has 1 unspecified atom stereocenters. The largest absolute Gasteiger partial charge is 0.360 e. The van der Waals surface area contributed by atoms with Gasteiger partial charge in [0.05, 0.1) is 0 Å². The molecule has 120 valence electrons. The van der Waals surface area contributed by atoms with Crippen LogP contribution in [0.3, 0.4) is 0 Å². The maximum atomic E-state index is 12.5. The Labute approximate surface area is 142 Å². The van der Waals surface area contributed by atoms with Crippen molar-refractivity contribution in [3.63, 3.8) is 0 Å². The zero-order chi connectivity index (χ0) is 16.2. The SMILES string of the molecule is CC(C(=O)NCc1ccccc1Cl)N1CCCc2ccccc21. The van der Waals surface area contributed by atoms with E-state index in [4.69, 9.17) is 11.6 Å². The van der Waals surface area contributed by atoms with Crippen LogP contribution >= 0.6 is 11.6 Å². The van der Waals surface area contributed by atoms with Gasteiger partial charge in [-0.15, -0.1) is 0 Å². The second-order valence-electron chi connectivity index (χ2n) is 5.91. The minimum Gasteiger partial charge on any atom is -0.360 e. The van der Waals surface area contributed by atoms with Gasteiger partial charge in [-0.25, -0.2) is 0 Å². The summed E-state index contributed by atoms with van der Waals surface area (Å²) in [5, 5.41) is 3.69. The zero-order valence-corrected chi connectivity index (χ0v) is 14.0. The first-order chi connectivity index (χ1) is 11.2. The number of nitrogens with one attached hydrogen (secondary N) is 1. The second-order valence-corrected chi connectivity index (χ2v) is 6.32. The highest BCUT2D eigenvalue weighted by molar-refractivity contribution is 6.31. The summed E-state index contributed by atoms with van der Waals surface area (Å²) < 4.78 is 0. The number of rotatable bonds is 4. The molecule has 0 aliphatic carbocycles. The number of anilines is 1. The molecule has 0 fully saturated rings. The van der Waals surface area contributed by atoms with Crippen LogP contribution in [0.5, 0.6) is 0 Å². The van der Waals surface area contributed by atoms with E-state index in [9.17, 15) is 4.79 Å². The van der Waals surface area contributed by atoms with Gasteiger partial charge in [0.1, 0.15) is 6.04 Å². The molecule has 1 heterocycles. The van der Waals surface area contributed by atoms with Gasteiger partial charge in [0, 0.05) is 23.8 Å². The van der Waals surface area contributed by atoms with E-state index in [2.05, 4.69) is 28.4 Å². The van der Waals surface area contributed by atoms with Crippen molar-refractivity contribution in [2.45, 2.75) is 32.4 Å². The van der Waals surface area contributed by atoms with Crippen LogP contribution in [0.4, 0.5) is 5.69 Å². The molecule has 0 bridgehead atoms. The molecule has 0 saturated heterocycles. The molecule has 0 radical (unpaired) electrons. The number of benzene rings is 2. The van der Waals surface area contributed by atoms with Gasteiger partial charge in [0.2, 0.25) is 5.91 Å². The summed E-state index contributed by atoms with van der Waals surface area (Å²) in [7, 11) is 0. The number of carbonyl (C=O) groups excluding carboxylic acids is 1. The van der Waals surface area contributed by atoms with Gasteiger partial charge in [0.25, 0.3) is 0 Å². The minimum absolute atomic E-state index is 0.0293. The molecular formula is C19H21ClN2O. The van der Waals surface area contributed by atoms with Gasteiger partial charge in [-0.2, -0.15) is 0 Å². The topological polar surface area (TPSA) is 32.3 Å². The van der Waals surface area contributed by atoms with E-state index in [0.29, 0.717) is 11.6 Å². The van der Waals surface area contributed by atoms with E-state index in [1.165, 1.54) is 11.3 Å². The van der Waals surface area contributed by atoms with Crippen LogP contribution in [0.1, 0.15) is 24.5 Å². The number of hydrogen-bond donors (Lipinski definition) is 1. The fourth-order valence-electron chi connectivity index (χ4n) is 3.08. The molecule has 2 aromatic carbocycles. The molecule has 1 N–H and O–H groups in total. The van der Waals surface area contributed by atoms with Crippen molar-refractivity contribution in [1.29, 1.82) is 0 Å². The number of fused-ring (bicyclic) bond motifs is 1. The molecule has 3 rings (SSSR count). The Hall–Kier alpha value is -2.00. The van der Waals surface area contributed by atoms with Crippen molar-refractivity contribution in [1.82, 2.24) is 5.32 Å². The van der Waals surface area contributed by atoms with Gasteiger partial charge >= 0.3 is 0 Å². The van der Waals surface area contributed by atoms with E-state index in [-0.39, 0.29) is 11.9 Å². The number of amides is 1. The lowest BCUT2D eigenvalue weighted by atomic mass is 10.00. The number of halogens is 1. The molecule has 23 heavy (non-hydrogen) atoms. The summed E-state index contributed by atoms with van der Waals surface area (Å²) in [6.45, 7) is 3.33. The first kappa shape index (κ1) is 15.9. The Morgan fingerprint density at radius 1 is 1.22 bits per heavy atom. The van der Waals surface area contributed by atoms with Crippen LogP contribution in [0.2, 0.25) is 5.02 Å². The highest BCUT2D eigenvalue weighted by Gasteiger charge is 2.25. The monoisotopic (exact) mass is 328 g/mol. The second kappa shape index (κ2) is 7.05. The summed E-state index contributed by atoms with van der Waals surface area (Å²) in [6.07, 6.45) is 2.17. The number of nitrogens with zero attached hydrogens (tertiary/aromatic N) is 1. The maximum Gasteiger partial charge on any atom is 0.242 e. The number of para-hydroxylation sites is 1. The number of hydrogen-bond acceptors (Lipinski definition) is 2. The number of aryl methyl sites for hydroxylation is 1. The molecule has 0 aromatic heterocycles. The lowest BCUT2D eigenvalue weighted by Crippen LogP contribution is -2.47. The highest BCUT2D eigenvalue weighted by Crippen LogP contribution is 2.28. The highest BCUT2D eigenvalue weighted by atomic mass is 35.5. The van der Waals surface area contributed by atoms with Crippen LogP contribution in [0.25, 0.3) is 0 Å². The molecule has 2 aromatic rings. The van der Waals surface area contributed by atoms with E-state index in [1.807, 2.05) is 37.3 Å². The average molecular weight is 329 g/mol. The van der Waals surface area contributed by atoms with Gasteiger partial charge in [-0.05, 0) is 43.0 Å². The van der Waals surface area contributed by atoms with Gasteiger partial charge in [-0.3, -0.25) is 4.79 Å². The van der Waals surface area contributed by atoms with Crippen molar-refractivity contribution in [2.24, 2.45) is 0 Å². The van der Waals surface area contributed by atoms with Gasteiger partial charge in [0.15, 0.2) is 0 Å². The first-order valence-electron chi connectivity index (χ1n) is 8.02. The molecule has 1 amide bonds. The quantitative estimate of drug-likeness (QED) is 0.926. The predicted octanol–water partition coefficient (Wildman–Crippen LogP) is 3.80. The van der Waals surface area contributed by atoms with Crippen LogP contribution < -0.4 is 10.2 Å². The average Bonchev–Trinajstić information content (AvgIpc) is 2.59. The first-order valence-corrected chi connectivity index (χ1v) is 8.40. The van der Waals surface area contributed by atoms with Crippen LogP contribution in [-0.4, -0.2) is 18.5 Å². The number of carbonyl (C=O) groups is 1. The smallest absolute Gasteiger partial charge is 0.242 e. The lowest BCUT2D eigenvalue weighted by molar-refractivity contribution is -0.122. The standard InChI is InChI=1S/C19H21ClN2O/c1-14(19(23)21-13-16-8-2-4-10-17(16)20)22-12-6-9-15-7-3-5-11-18(15)22/h2-5,7-8,10-11,14H,6,9,12-13H2,1H3,(H,21,23). The maximum absolute atomic E-state index is 12.5. The van der Waals surface area contributed by atoms with Gasteiger partial charge in [-0.1, -0.05) is 48.0 Å². The fourth-order valence-corrected chi connectivity index (χ4v) is 3.28. The molecular weight excluding hydrogens is 308 g/mol. The van der Waals surface area contributed by atoms with Crippen LogP contribution in [0.15, 0.2) is 48.5 Å². The third-order valence-corrected chi connectivity index (χ3v) is 4.77. The molecule has 0 spiro atoms. The Bertz CT molecular complexity index is 701. The third-order valence-electron chi connectivity index (χ3n) is 4.40. The molecule has 4 heteroatoms. The Kier molecular flexibility index (Phi) is 4.87. The Morgan fingerprint density at radius 2 is 1.96 bits per heavy atom. The predicted molar refractivity (Wildman–Crippen MR) is 94.9 cm³/mol. The molecule has 1 aliphatic heterocycles. The summed E-state index contributed by atoms with van der Waals surface area (Å²) in [5.74, 6) is 0.0293. The molecule has 3 nitrogen and oxygen atoms in total. The summed E-state index contributed by atoms with van der Waals surface area (Å²) in [6, 6.07) is 15.7. The van der Waals surface area contributed by atoms with Crippen LogP contribution in [0, 0.1) is 0 Å². The lowest BCUT2D eigenvalue weighted by Gasteiger charge is -2.35. The van der Waals surface area contributed by atoms with Crippen molar-refractivity contribution in [3.05, 3.63) is 64.7 Å². The molecule has 1 atom stereocenters. The van der Waals surface area contributed by atoms with E-state index >= 15 is 0 Å². The Balaban J connectivity index is 1.68. The zero-order valence-electron chi connectivity index (χ0n) is 13.3. The van der Waals surface area contributed by atoms with Crippen LogP contribution in [-0.2, 0) is 17.8 Å². The fraction of sp³-hybridized carbons (Fsp3) is 0.316. The Morgan fingerprint density at radius 3 is 2.78 bits per heavy atom. The minimum atomic E-state index is -0.195. The van der Waals surface area contributed by atoms with E-state index in [1.54, 1.807) is 0 Å². The van der Waals surface area contributed by atoms with Crippen molar-refractivity contribution in [2.75, 3.05) is 11.4 Å². The summed E-state index contributed by atoms with van der Waals surface area (Å²) in [4.78, 5) is 14.7. The van der Waals surface area contributed by atoms with E-state index in [0.717, 1.165) is 24.9 Å². The summed E-state index contributed by atoms with van der Waals surface area (Å²) >= 11 is 6.14. The van der Waals surface area contributed by atoms with E-state index < -0.39 is 0 Å². The van der Waals surface area contributed by atoms with Crippen molar-refractivity contribution < 1.29 is 4.79 Å². The normalized spacial score (nSPS) is 15.0. The summed E-state index contributed by atoms with van der Waals surface area (Å²) in [5.41, 5.74) is 3.44. The van der Waals surface area contributed by atoms with Crippen molar-refractivity contribution >= 4 is 23.2 Å². The molecule has 1 aliphatic rings.